The first kappa shape index (κ1) is 25.2. The van der Waals surface area contributed by atoms with Crippen molar-refractivity contribution in [2.24, 2.45) is 5.73 Å². The van der Waals surface area contributed by atoms with Crippen LogP contribution in [-0.2, 0) is 26.1 Å². The summed E-state index contributed by atoms with van der Waals surface area (Å²) in [4.78, 5) is 24.5. The summed E-state index contributed by atoms with van der Waals surface area (Å²) in [5.41, 5.74) is 6.76. The number of benzene rings is 3. The number of sulfonamides is 1. The maximum Gasteiger partial charge on any atom is 0.337 e. The lowest BCUT2D eigenvalue weighted by molar-refractivity contribution is -0.122. The molecule has 3 aromatic rings. The molecule has 1 amide bonds. The lowest BCUT2D eigenvalue weighted by atomic mass is 10.1. The van der Waals surface area contributed by atoms with Crippen LogP contribution in [0.2, 0.25) is 5.02 Å². The Kier molecular flexibility index (Phi) is 7.93. The molecule has 0 saturated carbocycles. The van der Waals surface area contributed by atoms with E-state index in [2.05, 4.69) is 0 Å². The second-order valence-electron chi connectivity index (χ2n) is 7.24. The van der Waals surface area contributed by atoms with Gasteiger partial charge in [-0.15, -0.1) is 0 Å². The lowest BCUT2D eigenvalue weighted by Crippen LogP contribution is -2.41. The molecule has 178 valence electrons. The first-order chi connectivity index (χ1) is 16.2. The number of rotatable bonds is 9. The molecule has 1 unspecified atom stereocenters. The largest absolute Gasteiger partial charge is 0.496 e. The van der Waals surface area contributed by atoms with E-state index in [1.807, 2.05) is 0 Å². The maximum atomic E-state index is 13.7. The van der Waals surface area contributed by atoms with Crippen LogP contribution in [0.4, 0.5) is 0 Å². The highest BCUT2D eigenvalue weighted by atomic mass is 35.5. The fourth-order valence-electron chi connectivity index (χ4n) is 3.45. The average Bonchev–Trinajstić information content (AvgIpc) is 2.84. The minimum atomic E-state index is -4.24. The molecule has 3 aromatic carbocycles. The molecule has 0 heterocycles. The predicted molar refractivity (Wildman–Crippen MR) is 127 cm³/mol. The van der Waals surface area contributed by atoms with E-state index >= 15 is 0 Å². The maximum absolute atomic E-state index is 13.7. The van der Waals surface area contributed by atoms with Gasteiger partial charge in [0.05, 0.1) is 24.7 Å². The third kappa shape index (κ3) is 5.39. The molecular weight excluding hydrogens is 480 g/mol. The first-order valence-electron chi connectivity index (χ1n) is 10.1. The molecule has 0 aromatic heterocycles. The van der Waals surface area contributed by atoms with Crippen molar-refractivity contribution in [2.45, 2.75) is 17.5 Å². The number of nitrogens with zero attached hydrogens (tertiary/aromatic N) is 1. The number of esters is 1. The van der Waals surface area contributed by atoms with E-state index in [1.165, 1.54) is 50.6 Å². The van der Waals surface area contributed by atoms with Gasteiger partial charge in [-0.1, -0.05) is 48.0 Å². The van der Waals surface area contributed by atoms with Gasteiger partial charge < -0.3 is 15.2 Å². The minimum absolute atomic E-state index is 0.0655. The highest BCUT2D eigenvalue weighted by molar-refractivity contribution is 7.89. The highest BCUT2D eigenvalue weighted by Crippen LogP contribution is 2.33. The zero-order chi connectivity index (χ0) is 24.9. The molecule has 0 aliphatic rings. The third-order valence-corrected chi connectivity index (χ3v) is 7.20. The van der Waals surface area contributed by atoms with Crippen LogP contribution < -0.4 is 10.5 Å². The zero-order valence-electron chi connectivity index (χ0n) is 18.5. The Morgan fingerprint density at radius 2 is 1.65 bits per heavy atom. The van der Waals surface area contributed by atoms with Crippen molar-refractivity contribution in [1.82, 2.24) is 4.31 Å². The Labute approximate surface area is 202 Å². The van der Waals surface area contributed by atoms with Crippen molar-refractivity contribution in [3.63, 3.8) is 0 Å². The second kappa shape index (κ2) is 10.7. The number of carbonyl (C=O) groups is 2. The molecule has 0 aliphatic carbocycles. The number of ether oxygens (including phenoxy) is 2. The van der Waals surface area contributed by atoms with E-state index in [0.717, 1.165) is 4.31 Å². The number of methoxy groups -OCH3 is 2. The van der Waals surface area contributed by atoms with Gasteiger partial charge >= 0.3 is 5.97 Å². The number of primary amides is 1. The topological polar surface area (TPSA) is 116 Å². The summed E-state index contributed by atoms with van der Waals surface area (Å²) >= 11 is 5.94. The number of nitrogens with two attached hydrogens (primary N) is 1. The molecule has 34 heavy (non-hydrogen) atoms. The standard InChI is InChI=1S/C24H23ClN2O6S/c1-32-21-14-17(24(29)33-2)8-9-18(21)15-27(22(23(26)28)16-6-4-3-5-7-16)34(30,31)20-12-10-19(25)11-13-20/h3-14,22H,15H2,1-2H3,(H2,26,28). The molecule has 0 saturated heterocycles. The normalized spacial score (nSPS) is 12.2. The number of amides is 1. The van der Waals surface area contributed by atoms with Crippen molar-refractivity contribution in [3.8, 4) is 5.75 Å². The van der Waals surface area contributed by atoms with Gasteiger partial charge in [0.15, 0.2) is 0 Å². The molecule has 2 N–H and O–H groups in total. The lowest BCUT2D eigenvalue weighted by Gasteiger charge is -2.30. The molecule has 0 radical (unpaired) electrons. The van der Waals surface area contributed by atoms with Crippen LogP contribution in [-0.4, -0.2) is 38.8 Å². The molecule has 3 rings (SSSR count). The zero-order valence-corrected chi connectivity index (χ0v) is 20.0. The molecule has 0 spiro atoms. The van der Waals surface area contributed by atoms with Crippen LogP contribution in [0.1, 0.15) is 27.5 Å². The third-order valence-electron chi connectivity index (χ3n) is 5.13. The summed E-state index contributed by atoms with van der Waals surface area (Å²) in [5.74, 6) is -1.18. The summed E-state index contributed by atoms with van der Waals surface area (Å²) in [7, 11) is -1.60. The molecule has 8 nitrogen and oxygen atoms in total. The number of hydrogen-bond donors (Lipinski definition) is 1. The van der Waals surface area contributed by atoms with Gasteiger partial charge in [-0.3, -0.25) is 4.79 Å². The Hall–Kier alpha value is -3.40. The fraction of sp³-hybridized carbons (Fsp3) is 0.167. The van der Waals surface area contributed by atoms with Crippen LogP contribution in [0.3, 0.4) is 0 Å². The van der Waals surface area contributed by atoms with Crippen LogP contribution in [0.25, 0.3) is 0 Å². The Morgan fingerprint density at radius 1 is 1.00 bits per heavy atom. The van der Waals surface area contributed by atoms with E-state index in [0.29, 0.717) is 16.1 Å². The second-order valence-corrected chi connectivity index (χ2v) is 9.56. The summed E-state index contributed by atoms with van der Waals surface area (Å²) in [6.45, 7) is -0.266. The summed E-state index contributed by atoms with van der Waals surface area (Å²) in [5, 5.41) is 0.361. The Balaban J connectivity index is 2.17. The molecule has 1 atom stereocenters. The van der Waals surface area contributed by atoms with Crippen molar-refractivity contribution in [2.75, 3.05) is 14.2 Å². The van der Waals surface area contributed by atoms with Crippen LogP contribution in [0.5, 0.6) is 5.75 Å². The van der Waals surface area contributed by atoms with Gasteiger partial charge in [-0.05, 0) is 42.0 Å². The minimum Gasteiger partial charge on any atom is -0.496 e. The smallest absolute Gasteiger partial charge is 0.337 e. The van der Waals surface area contributed by atoms with Crippen molar-refractivity contribution < 1.29 is 27.5 Å². The molecule has 0 bridgehead atoms. The quantitative estimate of drug-likeness (QED) is 0.447. The van der Waals surface area contributed by atoms with E-state index in [1.54, 1.807) is 36.4 Å². The van der Waals surface area contributed by atoms with E-state index < -0.39 is 27.9 Å². The first-order valence-corrected chi connectivity index (χ1v) is 11.9. The monoisotopic (exact) mass is 502 g/mol. The van der Waals surface area contributed by atoms with Gasteiger partial charge in [0.25, 0.3) is 0 Å². The summed E-state index contributed by atoms with van der Waals surface area (Å²) in [6, 6.07) is 17.1. The van der Waals surface area contributed by atoms with Gasteiger partial charge in [-0.25, -0.2) is 13.2 Å². The molecule has 10 heteroatoms. The number of halogens is 1. The van der Waals surface area contributed by atoms with Crippen LogP contribution >= 0.6 is 11.6 Å². The van der Waals surface area contributed by atoms with E-state index in [4.69, 9.17) is 26.8 Å². The van der Waals surface area contributed by atoms with Gasteiger partial charge in [0.2, 0.25) is 15.9 Å². The van der Waals surface area contributed by atoms with Gasteiger partial charge in [0, 0.05) is 17.1 Å². The summed E-state index contributed by atoms with van der Waals surface area (Å²) < 4.78 is 38.6. The average molecular weight is 503 g/mol. The highest BCUT2D eigenvalue weighted by Gasteiger charge is 2.36. The Morgan fingerprint density at radius 3 is 2.21 bits per heavy atom. The molecule has 0 aliphatic heterocycles. The fourth-order valence-corrected chi connectivity index (χ4v) is 5.14. The van der Waals surface area contributed by atoms with Crippen LogP contribution in [0, 0.1) is 0 Å². The molecule has 0 fully saturated rings. The SMILES string of the molecule is COC(=O)c1ccc(CN(C(C(N)=O)c2ccccc2)S(=O)(=O)c2ccc(Cl)cc2)c(OC)c1. The predicted octanol–water partition coefficient (Wildman–Crippen LogP) is 3.55. The van der Waals surface area contributed by atoms with Crippen LogP contribution in [0.15, 0.2) is 77.7 Å². The number of hydrogen-bond acceptors (Lipinski definition) is 6. The number of carbonyl (C=O) groups excluding carboxylic acids is 2. The van der Waals surface area contributed by atoms with Gasteiger partial charge in [-0.2, -0.15) is 4.31 Å². The summed E-state index contributed by atoms with van der Waals surface area (Å²) in [6.07, 6.45) is 0. The van der Waals surface area contributed by atoms with Crippen molar-refractivity contribution >= 4 is 33.5 Å². The Bertz CT molecular complexity index is 1280. The van der Waals surface area contributed by atoms with Crippen molar-refractivity contribution in [3.05, 3.63) is 94.5 Å². The van der Waals surface area contributed by atoms with E-state index in [9.17, 15) is 18.0 Å². The van der Waals surface area contributed by atoms with E-state index in [-0.39, 0.29) is 22.8 Å². The van der Waals surface area contributed by atoms with Gasteiger partial charge in [0.1, 0.15) is 11.8 Å². The molecular formula is C24H23ClN2O6S. The van der Waals surface area contributed by atoms with Crippen molar-refractivity contribution in [1.29, 1.82) is 0 Å².